The van der Waals surface area contributed by atoms with Crippen LogP contribution in [0.3, 0.4) is 0 Å². The van der Waals surface area contributed by atoms with Crippen LogP contribution in [-0.2, 0) is 4.74 Å². The predicted molar refractivity (Wildman–Crippen MR) is 102 cm³/mol. The number of carbonyl (C=O) groups excluding carboxylic acids is 1. The van der Waals surface area contributed by atoms with Crippen molar-refractivity contribution in [2.75, 3.05) is 19.8 Å². The van der Waals surface area contributed by atoms with Gasteiger partial charge in [0, 0.05) is 42.1 Å². The van der Waals surface area contributed by atoms with E-state index in [0.717, 1.165) is 43.0 Å². The summed E-state index contributed by atoms with van der Waals surface area (Å²) in [5.74, 6) is 0.434. The Balaban J connectivity index is 1.52. The molecule has 0 bridgehead atoms. The second-order valence-corrected chi connectivity index (χ2v) is 7.00. The van der Waals surface area contributed by atoms with Crippen molar-refractivity contribution in [1.82, 2.24) is 14.7 Å². The van der Waals surface area contributed by atoms with Crippen LogP contribution in [0.5, 0.6) is 0 Å². The predicted octanol–water partition coefficient (Wildman–Crippen LogP) is 3.81. The molecular weight excluding hydrogens is 350 g/mol. The van der Waals surface area contributed by atoms with Crippen LogP contribution in [-0.4, -0.2) is 35.1 Å². The highest BCUT2D eigenvalue weighted by atomic mass is 35.5. The molecule has 0 radical (unpaired) electrons. The molecule has 6 heteroatoms. The topological polar surface area (TPSA) is 55.6 Å². The molecule has 1 saturated heterocycles. The van der Waals surface area contributed by atoms with Gasteiger partial charge in [-0.3, -0.25) is 9.20 Å². The minimum Gasteiger partial charge on any atom is -0.381 e. The average Bonchev–Trinajstić information content (AvgIpc) is 3.10. The third-order valence-corrected chi connectivity index (χ3v) is 5.02. The number of nitrogens with zero attached hydrogens (tertiary/aromatic N) is 2. The van der Waals surface area contributed by atoms with Gasteiger partial charge in [0.25, 0.3) is 5.91 Å². The van der Waals surface area contributed by atoms with Gasteiger partial charge in [0.05, 0.1) is 11.9 Å². The number of benzene rings is 1. The smallest absolute Gasteiger partial charge is 0.251 e. The highest BCUT2D eigenvalue weighted by molar-refractivity contribution is 6.30. The first-order valence-electron chi connectivity index (χ1n) is 8.80. The van der Waals surface area contributed by atoms with E-state index < -0.39 is 0 Å². The van der Waals surface area contributed by atoms with Gasteiger partial charge in [-0.25, -0.2) is 4.98 Å². The molecule has 3 aromatic rings. The third-order valence-electron chi connectivity index (χ3n) is 4.79. The largest absolute Gasteiger partial charge is 0.381 e. The lowest BCUT2D eigenvalue weighted by Crippen LogP contribution is -2.32. The number of fused-ring (bicyclic) bond motifs is 1. The van der Waals surface area contributed by atoms with Crippen molar-refractivity contribution in [3.8, 4) is 11.3 Å². The summed E-state index contributed by atoms with van der Waals surface area (Å²) in [4.78, 5) is 16.9. The van der Waals surface area contributed by atoms with Crippen molar-refractivity contribution < 1.29 is 9.53 Å². The molecule has 3 heterocycles. The van der Waals surface area contributed by atoms with Gasteiger partial charge in [-0.1, -0.05) is 23.7 Å². The Hall–Kier alpha value is -2.37. The number of halogens is 1. The molecular formula is C20H20ClN3O2. The number of nitrogens with one attached hydrogen (secondary N) is 1. The van der Waals surface area contributed by atoms with E-state index in [1.54, 1.807) is 6.20 Å². The molecule has 1 aliphatic rings. The fraction of sp³-hybridized carbons (Fsp3) is 0.300. The molecule has 0 atom stereocenters. The zero-order valence-electron chi connectivity index (χ0n) is 14.3. The Morgan fingerprint density at radius 3 is 2.92 bits per heavy atom. The zero-order valence-corrected chi connectivity index (χ0v) is 15.1. The van der Waals surface area contributed by atoms with Crippen LogP contribution in [0.25, 0.3) is 16.9 Å². The molecule has 0 saturated carbocycles. The van der Waals surface area contributed by atoms with Gasteiger partial charge in [0.1, 0.15) is 5.65 Å². The zero-order chi connectivity index (χ0) is 17.9. The SMILES string of the molecule is O=C(NCC1CCOCC1)c1ccn2c(-c3cccc(Cl)c3)cnc2c1. The summed E-state index contributed by atoms with van der Waals surface area (Å²) < 4.78 is 7.31. The molecule has 5 nitrogen and oxygen atoms in total. The maximum atomic E-state index is 12.5. The van der Waals surface area contributed by atoms with E-state index in [9.17, 15) is 4.79 Å². The summed E-state index contributed by atoms with van der Waals surface area (Å²) in [6.45, 7) is 2.26. The number of imidazole rings is 1. The summed E-state index contributed by atoms with van der Waals surface area (Å²) >= 11 is 6.09. The van der Waals surface area contributed by atoms with Gasteiger partial charge < -0.3 is 10.1 Å². The van der Waals surface area contributed by atoms with Crippen LogP contribution in [0.2, 0.25) is 5.02 Å². The van der Waals surface area contributed by atoms with Crippen LogP contribution in [0.15, 0.2) is 48.8 Å². The first-order chi connectivity index (χ1) is 12.7. The summed E-state index contributed by atoms with van der Waals surface area (Å²) in [6.07, 6.45) is 5.68. The Morgan fingerprint density at radius 1 is 1.27 bits per heavy atom. The monoisotopic (exact) mass is 369 g/mol. The van der Waals surface area contributed by atoms with Crippen molar-refractivity contribution >= 4 is 23.2 Å². The number of ether oxygens (including phenoxy) is 1. The van der Waals surface area contributed by atoms with Crippen LogP contribution < -0.4 is 5.32 Å². The van der Waals surface area contributed by atoms with E-state index in [0.29, 0.717) is 23.0 Å². The lowest BCUT2D eigenvalue weighted by molar-refractivity contribution is 0.0642. The highest BCUT2D eigenvalue weighted by Crippen LogP contribution is 2.24. The van der Waals surface area contributed by atoms with E-state index in [1.807, 2.05) is 47.0 Å². The molecule has 0 spiro atoms. The molecule has 1 fully saturated rings. The van der Waals surface area contributed by atoms with Gasteiger partial charge in [-0.05, 0) is 43.0 Å². The number of aromatic nitrogens is 2. The van der Waals surface area contributed by atoms with Gasteiger partial charge in [0.2, 0.25) is 0 Å². The highest BCUT2D eigenvalue weighted by Gasteiger charge is 2.16. The van der Waals surface area contributed by atoms with Gasteiger partial charge in [0.15, 0.2) is 0 Å². The third kappa shape index (κ3) is 3.59. The summed E-state index contributed by atoms with van der Waals surface area (Å²) in [5, 5.41) is 3.71. The van der Waals surface area contributed by atoms with Crippen LogP contribution in [0.4, 0.5) is 0 Å². The molecule has 0 unspecified atom stereocenters. The van der Waals surface area contributed by atoms with Gasteiger partial charge in [-0.15, -0.1) is 0 Å². The van der Waals surface area contributed by atoms with E-state index in [-0.39, 0.29) is 5.91 Å². The second kappa shape index (κ2) is 7.48. The van der Waals surface area contributed by atoms with E-state index in [4.69, 9.17) is 16.3 Å². The number of rotatable bonds is 4. The number of pyridine rings is 1. The van der Waals surface area contributed by atoms with E-state index >= 15 is 0 Å². The number of amides is 1. The average molecular weight is 370 g/mol. The van der Waals surface area contributed by atoms with Crippen molar-refractivity contribution in [2.45, 2.75) is 12.8 Å². The number of hydrogen-bond donors (Lipinski definition) is 1. The Morgan fingerprint density at radius 2 is 2.12 bits per heavy atom. The molecule has 2 aromatic heterocycles. The van der Waals surface area contributed by atoms with Gasteiger partial charge in [-0.2, -0.15) is 0 Å². The Bertz CT molecular complexity index is 932. The minimum atomic E-state index is -0.0636. The first-order valence-corrected chi connectivity index (χ1v) is 9.17. The fourth-order valence-electron chi connectivity index (χ4n) is 3.27. The van der Waals surface area contributed by atoms with Crippen LogP contribution in [0.1, 0.15) is 23.2 Å². The lowest BCUT2D eigenvalue weighted by atomic mass is 10.0. The number of carbonyl (C=O) groups is 1. The Labute approximate surface area is 157 Å². The van der Waals surface area contributed by atoms with E-state index in [2.05, 4.69) is 10.3 Å². The lowest BCUT2D eigenvalue weighted by Gasteiger charge is -2.22. The van der Waals surface area contributed by atoms with Crippen molar-refractivity contribution in [2.24, 2.45) is 5.92 Å². The molecule has 26 heavy (non-hydrogen) atoms. The standard InChI is InChI=1S/C20H20ClN3O2/c21-17-3-1-2-15(10-17)18-13-22-19-11-16(4-7-24(18)19)20(25)23-12-14-5-8-26-9-6-14/h1-4,7,10-11,13-14H,5-6,8-9,12H2,(H,23,25). The molecule has 0 aliphatic carbocycles. The first kappa shape index (κ1) is 17.1. The van der Waals surface area contributed by atoms with Crippen LogP contribution >= 0.6 is 11.6 Å². The molecule has 1 amide bonds. The quantitative estimate of drug-likeness (QED) is 0.760. The second-order valence-electron chi connectivity index (χ2n) is 6.56. The fourth-order valence-corrected chi connectivity index (χ4v) is 3.46. The Kier molecular flexibility index (Phi) is 4.91. The van der Waals surface area contributed by atoms with E-state index in [1.165, 1.54) is 0 Å². The van der Waals surface area contributed by atoms with Crippen molar-refractivity contribution in [1.29, 1.82) is 0 Å². The van der Waals surface area contributed by atoms with Crippen molar-refractivity contribution in [3.63, 3.8) is 0 Å². The molecule has 1 N–H and O–H groups in total. The maximum Gasteiger partial charge on any atom is 0.251 e. The molecule has 134 valence electrons. The number of hydrogen-bond acceptors (Lipinski definition) is 3. The van der Waals surface area contributed by atoms with Gasteiger partial charge >= 0.3 is 0 Å². The molecule has 1 aromatic carbocycles. The summed E-state index contributed by atoms with van der Waals surface area (Å²) in [7, 11) is 0. The normalized spacial score (nSPS) is 15.3. The molecule has 1 aliphatic heterocycles. The maximum absolute atomic E-state index is 12.5. The summed E-state index contributed by atoms with van der Waals surface area (Å²) in [5.41, 5.74) is 3.28. The van der Waals surface area contributed by atoms with Crippen molar-refractivity contribution in [3.05, 3.63) is 59.4 Å². The van der Waals surface area contributed by atoms with Crippen LogP contribution in [0, 0.1) is 5.92 Å². The molecule has 4 rings (SSSR count). The minimum absolute atomic E-state index is 0.0636. The summed E-state index contributed by atoms with van der Waals surface area (Å²) in [6, 6.07) is 11.3.